The Labute approximate surface area is 213 Å². The Kier molecular flexibility index (Phi) is 7.80. The number of carboxylic acids is 1. The van der Waals surface area contributed by atoms with E-state index in [9.17, 15) is 9.59 Å². The van der Waals surface area contributed by atoms with Gasteiger partial charge < -0.3 is 25.2 Å². The topological polar surface area (TPSA) is 96.9 Å². The van der Waals surface area contributed by atoms with Crippen LogP contribution in [-0.2, 0) is 22.6 Å². The molecule has 0 radical (unpaired) electrons. The van der Waals surface area contributed by atoms with Gasteiger partial charge in [0, 0.05) is 23.7 Å². The molecule has 0 aromatic heterocycles. The maximum atomic E-state index is 10.9. The maximum Gasteiger partial charge on any atom is 0.317 e. The number of aliphatic carboxylic acids is 1. The van der Waals surface area contributed by atoms with Crippen molar-refractivity contribution in [2.24, 2.45) is 0 Å². The SMILES string of the molecule is COc1cc(OC2CCc3c(-c4cccc(NC=O)c4Cl)cccc32)c(Cl)cc1CNCC(=O)O. The van der Waals surface area contributed by atoms with Crippen LogP contribution in [0, 0.1) is 0 Å². The average molecular weight is 515 g/mol. The lowest BCUT2D eigenvalue weighted by atomic mass is 9.96. The molecule has 0 aliphatic heterocycles. The van der Waals surface area contributed by atoms with Gasteiger partial charge in [0.15, 0.2) is 0 Å². The number of amides is 1. The van der Waals surface area contributed by atoms with Crippen molar-refractivity contribution in [1.29, 1.82) is 0 Å². The Balaban J connectivity index is 1.60. The van der Waals surface area contributed by atoms with E-state index in [0.29, 0.717) is 40.2 Å². The molecule has 1 unspecified atom stereocenters. The third-order valence-electron chi connectivity index (χ3n) is 5.91. The Morgan fingerprint density at radius 2 is 1.91 bits per heavy atom. The molecule has 0 saturated carbocycles. The number of anilines is 1. The number of ether oxygens (including phenoxy) is 2. The summed E-state index contributed by atoms with van der Waals surface area (Å²) in [6, 6.07) is 15.0. The fourth-order valence-corrected chi connectivity index (χ4v) is 4.87. The van der Waals surface area contributed by atoms with Crippen LogP contribution < -0.4 is 20.1 Å². The number of carbonyl (C=O) groups is 2. The Hall–Kier alpha value is -3.26. The number of hydrogen-bond acceptors (Lipinski definition) is 5. The fraction of sp³-hybridized carbons (Fsp3) is 0.231. The van der Waals surface area contributed by atoms with Gasteiger partial charge in [0.2, 0.25) is 6.41 Å². The van der Waals surface area contributed by atoms with Crippen molar-refractivity contribution >= 4 is 41.3 Å². The van der Waals surface area contributed by atoms with Crippen LogP contribution in [0.5, 0.6) is 11.5 Å². The van der Waals surface area contributed by atoms with Crippen LogP contribution >= 0.6 is 23.2 Å². The van der Waals surface area contributed by atoms with Crippen molar-refractivity contribution in [1.82, 2.24) is 5.32 Å². The summed E-state index contributed by atoms with van der Waals surface area (Å²) in [6.45, 7) is 0.127. The molecule has 3 aromatic rings. The van der Waals surface area contributed by atoms with Gasteiger partial charge in [-0.1, -0.05) is 53.5 Å². The second-order valence-electron chi connectivity index (χ2n) is 8.04. The highest BCUT2D eigenvalue weighted by Gasteiger charge is 2.28. The molecule has 1 aliphatic carbocycles. The number of hydrogen-bond donors (Lipinski definition) is 3. The Morgan fingerprint density at radius 3 is 2.66 bits per heavy atom. The second kappa shape index (κ2) is 11.0. The molecule has 182 valence electrons. The number of halogens is 2. The van der Waals surface area contributed by atoms with Crippen LogP contribution in [0.4, 0.5) is 5.69 Å². The monoisotopic (exact) mass is 514 g/mol. The van der Waals surface area contributed by atoms with Crippen molar-refractivity contribution in [3.63, 3.8) is 0 Å². The summed E-state index contributed by atoms with van der Waals surface area (Å²) in [7, 11) is 1.54. The van der Waals surface area contributed by atoms with Gasteiger partial charge in [-0.15, -0.1) is 0 Å². The number of methoxy groups -OCH3 is 1. The molecule has 1 aliphatic rings. The highest BCUT2D eigenvalue weighted by atomic mass is 35.5. The highest BCUT2D eigenvalue weighted by Crippen LogP contribution is 2.44. The molecule has 9 heteroatoms. The molecule has 1 atom stereocenters. The van der Waals surface area contributed by atoms with Gasteiger partial charge in [-0.2, -0.15) is 0 Å². The van der Waals surface area contributed by atoms with Crippen LogP contribution in [0.3, 0.4) is 0 Å². The first-order valence-electron chi connectivity index (χ1n) is 11.0. The summed E-state index contributed by atoms with van der Waals surface area (Å²) in [6.07, 6.45) is 1.95. The second-order valence-corrected chi connectivity index (χ2v) is 8.82. The molecule has 4 rings (SSSR count). The van der Waals surface area contributed by atoms with Gasteiger partial charge in [0.25, 0.3) is 0 Å². The smallest absolute Gasteiger partial charge is 0.317 e. The summed E-state index contributed by atoms with van der Waals surface area (Å²) in [5, 5.41) is 15.2. The molecular formula is C26H24Cl2N2O5. The van der Waals surface area contributed by atoms with E-state index in [1.54, 1.807) is 25.3 Å². The first kappa shape index (κ1) is 24.9. The number of carbonyl (C=O) groups excluding carboxylic acids is 1. The van der Waals surface area contributed by atoms with Crippen molar-refractivity contribution in [3.05, 3.63) is 75.3 Å². The highest BCUT2D eigenvalue weighted by molar-refractivity contribution is 6.36. The van der Waals surface area contributed by atoms with Crippen molar-refractivity contribution in [2.45, 2.75) is 25.5 Å². The molecule has 3 N–H and O–H groups in total. The van der Waals surface area contributed by atoms with Gasteiger partial charge in [-0.25, -0.2) is 0 Å². The molecular weight excluding hydrogens is 491 g/mol. The largest absolute Gasteiger partial charge is 0.496 e. The summed E-state index contributed by atoms with van der Waals surface area (Å²) in [5.41, 5.74) is 5.32. The normalized spacial score (nSPS) is 14.3. The van der Waals surface area contributed by atoms with E-state index in [0.717, 1.165) is 40.7 Å². The first-order valence-corrected chi connectivity index (χ1v) is 11.7. The molecule has 0 fully saturated rings. The Bertz CT molecular complexity index is 1260. The molecule has 1 amide bonds. The minimum Gasteiger partial charge on any atom is -0.496 e. The Morgan fingerprint density at radius 1 is 1.14 bits per heavy atom. The van der Waals surface area contributed by atoms with E-state index >= 15 is 0 Å². The molecule has 7 nitrogen and oxygen atoms in total. The zero-order valence-electron chi connectivity index (χ0n) is 18.9. The van der Waals surface area contributed by atoms with Crippen LogP contribution in [0.15, 0.2) is 48.5 Å². The number of nitrogens with one attached hydrogen (secondary N) is 2. The lowest BCUT2D eigenvalue weighted by Crippen LogP contribution is -2.22. The third kappa shape index (κ3) is 5.37. The van der Waals surface area contributed by atoms with Crippen molar-refractivity contribution in [3.8, 4) is 22.6 Å². The number of benzene rings is 3. The molecule has 35 heavy (non-hydrogen) atoms. The molecule has 0 spiro atoms. The standard InChI is InChI=1S/C26H24Cl2N2O5/c1-34-23-11-24(20(27)10-15(23)12-29-13-25(32)33)35-22-9-8-17-16(4-2-5-18(17)22)19-6-3-7-21(26(19)28)30-14-31/h2-7,10-11,14,22,29H,8-9,12-13H2,1H3,(H,30,31)(H,32,33). The van der Waals surface area contributed by atoms with Gasteiger partial charge in [0.05, 0.1) is 29.4 Å². The lowest BCUT2D eigenvalue weighted by molar-refractivity contribution is -0.136. The predicted octanol–water partition coefficient (Wildman–Crippen LogP) is 5.48. The maximum absolute atomic E-state index is 10.9. The van der Waals surface area contributed by atoms with Crippen LogP contribution in [0.2, 0.25) is 10.0 Å². The molecule has 0 bridgehead atoms. The van der Waals surface area contributed by atoms with Gasteiger partial charge in [-0.3, -0.25) is 9.59 Å². The van der Waals surface area contributed by atoms with Crippen molar-refractivity contribution in [2.75, 3.05) is 19.0 Å². The van der Waals surface area contributed by atoms with Gasteiger partial charge in [-0.05, 0) is 41.7 Å². The predicted molar refractivity (Wildman–Crippen MR) is 136 cm³/mol. The zero-order valence-corrected chi connectivity index (χ0v) is 20.4. The van der Waals surface area contributed by atoms with Crippen LogP contribution in [0.1, 0.15) is 29.2 Å². The number of fused-ring (bicyclic) bond motifs is 1. The van der Waals surface area contributed by atoms with Gasteiger partial charge in [0.1, 0.15) is 17.6 Å². The van der Waals surface area contributed by atoms with Crippen LogP contribution in [-0.4, -0.2) is 31.1 Å². The number of rotatable bonds is 10. The van der Waals surface area contributed by atoms with Gasteiger partial charge >= 0.3 is 5.97 Å². The first-order chi connectivity index (χ1) is 16.9. The van der Waals surface area contributed by atoms with Crippen molar-refractivity contribution < 1.29 is 24.2 Å². The average Bonchev–Trinajstić information content (AvgIpc) is 3.25. The fourth-order valence-electron chi connectivity index (χ4n) is 4.36. The summed E-state index contributed by atoms with van der Waals surface area (Å²) >= 11 is 13.1. The summed E-state index contributed by atoms with van der Waals surface area (Å²) < 4.78 is 11.8. The number of carboxylic acid groups (broad SMARTS) is 1. The van der Waals surface area contributed by atoms with E-state index in [1.807, 2.05) is 30.3 Å². The quantitative estimate of drug-likeness (QED) is 0.310. The molecule has 0 heterocycles. The summed E-state index contributed by atoms with van der Waals surface area (Å²) in [5.74, 6) is 0.104. The van der Waals surface area contributed by atoms with E-state index in [1.165, 1.54) is 0 Å². The van der Waals surface area contributed by atoms with E-state index in [2.05, 4.69) is 10.6 Å². The van der Waals surface area contributed by atoms with E-state index in [-0.39, 0.29) is 12.6 Å². The minimum absolute atomic E-state index is 0.168. The summed E-state index contributed by atoms with van der Waals surface area (Å²) in [4.78, 5) is 21.7. The van der Waals surface area contributed by atoms with Crippen LogP contribution in [0.25, 0.3) is 11.1 Å². The zero-order chi connectivity index (χ0) is 24.9. The molecule has 3 aromatic carbocycles. The van der Waals surface area contributed by atoms with E-state index in [4.69, 9.17) is 37.8 Å². The molecule has 0 saturated heterocycles. The van der Waals surface area contributed by atoms with E-state index < -0.39 is 5.97 Å². The lowest BCUT2D eigenvalue weighted by Gasteiger charge is -2.19. The minimum atomic E-state index is -0.942. The third-order valence-corrected chi connectivity index (χ3v) is 6.62.